The Kier molecular flexibility index (Phi) is 3.31. The van der Waals surface area contributed by atoms with Crippen LogP contribution in [-0.4, -0.2) is 12.1 Å². The van der Waals surface area contributed by atoms with Gasteiger partial charge in [-0.15, -0.1) is 0 Å². The number of benzene rings is 1. The Labute approximate surface area is 78.2 Å². The van der Waals surface area contributed by atoms with Crippen LogP contribution < -0.4 is 10.6 Å². The molecule has 0 unspecified atom stereocenters. The molecular formula is C10H13N2O. The first kappa shape index (κ1) is 9.58. The molecule has 0 fully saturated rings. The first-order valence-corrected chi connectivity index (χ1v) is 4.22. The molecule has 1 radical (unpaired) electrons. The molecule has 0 bridgehead atoms. The second-order valence-electron chi connectivity index (χ2n) is 3.04. The molecular weight excluding hydrogens is 164 g/mol. The molecule has 1 aromatic rings. The SMILES string of the molecule is CC(C)NC(=O)Nc1cc[c]cc1. The zero-order chi connectivity index (χ0) is 9.68. The zero-order valence-corrected chi connectivity index (χ0v) is 7.79. The molecule has 0 aromatic heterocycles. The molecule has 0 spiro atoms. The number of carbonyl (C=O) groups is 1. The van der Waals surface area contributed by atoms with E-state index >= 15 is 0 Å². The molecule has 1 aromatic carbocycles. The van der Waals surface area contributed by atoms with Crippen molar-refractivity contribution in [2.45, 2.75) is 19.9 Å². The van der Waals surface area contributed by atoms with Crippen molar-refractivity contribution < 1.29 is 4.79 Å². The zero-order valence-electron chi connectivity index (χ0n) is 7.79. The smallest absolute Gasteiger partial charge is 0.319 e. The molecule has 69 valence electrons. The predicted octanol–water partition coefficient (Wildman–Crippen LogP) is 2.02. The number of hydrogen-bond donors (Lipinski definition) is 2. The molecule has 0 heterocycles. The Morgan fingerprint density at radius 3 is 2.54 bits per heavy atom. The molecule has 13 heavy (non-hydrogen) atoms. The molecule has 0 atom stereocenters. The molecule has 0 aliphatic heterocycles. The number of amides is 2. The van der Waals surface area contributed by atoms with Gasteiger partial charge in [-0.25, -0.2) is 4.79 Å². The fraction of sp³-hybridized carbons (Fsp3) is 0.300. The Morgan fingerprint density at radius 2 is 2.00 bits per heavy atom. The Bertz CT molecular complexity index is 270. The van der Waals surface area contributed by atoms with Crippen molar-refractivity contribution >= 4 is 11.7 Å². The standard InChI is InChI=1S/C10H13N2O/c1-8(2)11-10(13)12-9-6-4-3-5-7-9/h4-8H,1-2H3,(H2,11,12,13). The number of nitrogens with one attached hydrogen (secondary N) is 2. The maximum atomic E-state index is 11.2. The van der Waals surface area contributed by atoms with Crippen LogP contribution in [0.5, 0.6) is 0 Å². The molecule has 2 N–H and O–H groups in total. The van der Waals surface area contributed by atoms with Crippen molar-refractivity contribution in [1.82, 2.24) is 5.32 Å². The summed E-state index contributed by atoms with van der Waals surface area (Å²) in [7, 11) is 0. The van der Waals surface area contributed by atoms with Gasteiger partial charge in [0.1, 0.15) is 0 Å². The van der Waals surface area contributed by atoms with Gasteiger partial charge in [0.25, 0.3) is 0 Å². The van der Waals surface area contributed by atoms with Crippen LogP contribution in [0.25, 0.3) is 0 Å². The minimum Gasteiger partial charge on any atom is -0.336 e. The van der Waals surface area contributed by atoms with Crippen LogP contribution in [0.1, 0.15) is 13.8 Å². The summed E-state index contributed by atoms with van der Waals surface area (Å²) < 4.78 is 0. The maximum absolute atomic E-state index is 11.2. The Morgan fingerprint density at radius 1 is 1.38 bits per heavy atom. The highest BCUT2D eigenvalue weighted by molar-refractivity contribution is 5.89. The fourth-order valence-electron chi connectivity index (χ4n) is 0.900. The van der Waals surface area contributed by atoms with E-state index in [1.54, 1.807) is 24.3 Å². The summed E-state index contributed by atoms with van der Waals surface area (Å²) in [4.78, 5) is 11.2. The summed E-state index contributed by atoms with van der Waals surface area (Å²) in [5, 5.41) is 5.43. The molecule has 1 rings (SSSR count). The maximum Gasteiger partial charge on any atom is 0.319 e. The number of urea groups is 1. The average molecular weight is 177 g/mol. The number of hydrogen-bond acceptors (Lipinski definition) is 1. The molecule has 3 nitrogen and oxygen atoms in total. The van der Waals surface area contributed by atoms with Crippen molar-refractivity contribution in [1.29, 1.82) is 0 Å². The van der Waals surface area contributed by atoms with E-state index in [9.17, 15) is 4.79 Å². The first-order valence-electron chi connectivity index (χ1n) is 4.22. The average Bonchev–Trinajstić information content (AvgIpc) is 2.04. The number of carbonyl (C=O) groups excluding carboxylic acids is 1. The fourth-order valence-corrected chi connectivity index (χ4v) is 0.900. The van der Waals surface area contributed by atoms with Crippen LogP contribution >= 0.6 is 0 Å². The molecule has 3 heteroatoms. The van der Waals surface area contributed by atoms with Crippen LogP contribution in [0.15, 0.2) is 24.3 Å². The van der Waals surface area contributed by atoms with E-state index in [0.717, 1.165) is 5.69 Å². The summed E-state index contributed by atoms with van der Waals surface area (Å²) in [6.45, 7) is 3.83. The van der Waals surface area contributed by atoms with E-state index < -0.39 is 0 Å². The molecule has 0 aliphatic carbocycles. The van der Waals surface area contributed by atoms with Gasteiger partial charge in [-0.1, -0.05) is 12.1 Å². The van der Waals surface area contributed by atoms with Gasteiger partial charge in [0.15, 0.2) is 0 Å². The van der Waals surface area contributed by atoms with Crippen LogP contribution in [0.3, 0.4) is 0 Å². The van der Waals surface area contributed by atoms with Gasteiger partial charge in [-0.2, -0.15) is 0 Å². The predicted molar refractivity (Wildman–Crippen MR) is 52.6 cm³/mol. The number of rotatable bonds is 2. The monoisotopic (exact) mass is 177 g/mol. The lowest BCUT2D eigenvalue weighted by molar-refractivity contribution is 0.250. The van der Waals surface area contributed by atoms with Gasteiger partial charge in [0, 0.05) is 11.7 Å². The third-order valence-corrected chi connectivity index (χ3v) is 1.40. The van der Waals surface area contributed by atoms with E-state index in [-0.39, 0.29) is 12.1 Å². The van der Waals surface area contributed by atoms with Crippen molar-refractivity contribution in [3.8, 4) is 0 Å². The van der Waals surface area contributed by atoms with Crippen LogP contribution in [0.4, 0.5) is 10.5 Å². The van der Waals surface area contributed by atoms with Gasteiger partial charge in [0.05, 0.1) is 0 Å². The van der Waals surface area contributed by atoms with E-state index in [0.29, 0.717) is 0 Å². The van der Waals surface area contributed by atoms with Gasteiger partial charge in [-0.3, -0.25) is 0 Å². The molecule has 2 amide bonds. The first-order chi connectivity index (χ1) is 6.18. The van der Waals surface area contributed by atoms with Crippen molar-refractivity contribution in [3.63, 3.8) is 0 Å². The topological polar surface area (TPSA) is 41.1 Å². The normalized spacial score (nSPS) is 9.77. The Balaban J connectivity index is 2.46. The third kappa shape index (κ3) is 3.60. The highest BCUT2D eigenvalue weighted by Crippen LogP contribution is 2.03. The van der Waals surface area contributed by atoms with Gasteiger partial charge < -0.3 is 10.6 Å². The van der Waals surface area contributed by atoms with E-state index in [2.05, 4.69) is 16.7 Å². The second kappa shape index (κ2) is 4.50. The summed E-state index contributed by atoms with van der Waals surface area (Å²) in [6.07, 6.45) is 0. The minimum absolute atomic E-state index is 0.148. The summed E-state index contributed by atoms with van der Waals surface area (Å²) >= 11 is 0. The highest BCUT2D eigenvalue weighted by atomic mass is 16.2. The van der Waals surface area contributed by atoms with Crippen molar-refractivity contribution in [3.05, 3.63) is 30.3 Å². The summed E-state index contributed by atoms with van der Waals surface area (Å²) in [6, 6.07) is 9.94. The van der Waals surface area contributed by atoms with Gasteiger partial charge in [0.2, 0.25) is 0 Å². The lowest BCUT2D eigenvalue weighted by Gasteiger charge is -2.09. The van der Waals surface area contributed by atoms with Crippen LogP contribution in [0, 0.1) is 6.07 Å². The quantitative estimate of drug-likeness (QED) is 0.712. The van der Waals surface area contributed by atoms with Gasteiger partial charge in [-0.05, 0) is 32.0 Å². The minimum atomic E-state index is -0.179. The lowest BCUT2D eigenvalue weighted by atomic mass is 10.3. The van der Waals surface area contributed by atoms with Crippen LogP contribution in [0.2, 0.25) is 0 Å². The summed E-state index contributed by atoms with van der Waals surface area (Å²) in [5.41, 5.74) is 0.775. The molecule has 0 saturated carbocycles. The van der Waals surface area contributed by atoms with Crippen LogP contribution in [-0.2, 0) is 0 Å². The summed E-state index contributed by atoms with van der Waals surface area (Å²) in [5.74, 6) is 0. The molecule has 0 aliphatic rings. The second-order valence-corrected chi connectivity index (χ2v) is 3.04. The number of anilines is 1. The van der Waals surface area contributed by atoms with Crippen molar-refractivity contribution in [2.24, 2.45) is 0 Å². The van der Waals surface area contributed by atoms with E-state index in [1.165, 1.54) is 0 Å². The molecule has 0 saturated heterocycles. The highest BCUT2D eigenvalue weighted by Gasteiger charge is 2.01. The Hall–Kier alpha value is -1.51. The van der Waals surface area contributed by atoms with Crippen molar-refractivity contribution in [2.75, 3.05) is 5.32 Å². The lowest BCUT2D eigenvalue weighted by Crippen LogP contribution is -2.34. The van der Waals surface area contributed by atoms with Gasteiger partial charge >= 0.3 is 6.03 Å². The third-order valence-electron chi connectivity index (χ3n) is 1.40. The van der Waals surface area contributed by atoms with E-state index in [4.69, 9.17) is 0 Å². The largest absolute Gasteiger partial charge is 0.336 e. The van der Waals surface area contributed by atoms with E-state index in [1.807, 2.05) is 13.8 Å².